The zero-order chi connectivity index (χ0) is 16.2. The number of anilines is 1. The SMILES string of the molecule is COc1ncc(NCc2csc(-c3ccsc3)n2)cc1C(N)=O. The molecule has 0 aromatic carbocycles. The number of thiophene rings is 1. The van der Waals surface area contributed by atoms with Gasteiger partial charge in [0.05, 0.1) is 31.2 Å². The van der Waals surface area contributed by atoms with Gasteiger partial charge in [-0.25, -0.2) is 9.97 Å². The molecule has 3 heterocycles. The van der Waals surface area contributed by atoms with E-state index >= 15 is 0 Å². The molecule has 118 valence electrons. The highest BCUT2D eigenvalue weighted by atomic mass is 32.1. The molecule has 1 amide bonds. The van der Waals surface area contributed by atoms with Gasteiger partial charge in [-0.2, -0.15) is 11.3 Å². The monoisotopic (exact) mass is 346 g/mol. The Kier molecular flexibility index (Phi) is 4.54. The highest BCUT2D eigenvalue weighted by Gasteiger charge is 2.12. The molecule has 8 heteroatoms. The first-order chi connectivity index (χ1) is 11.2. The van der Waals surface area contributed by atoms with Crippen LogP contribution in [-0.4, -0.2) is 23.0 Å². The summed E-state index contributed by atoms with van der Waals surface area (Å²) in [6.45, 7) is 0.535. The van der Waals surface area contributed by atoms with E-state index in [-0.39, 0.29) is 11.4 Å². The van der Waals surface area contributed by atoms with E-state index in [1.54, 1.807) is 34.9 Å². The van der Waals surface area contributed by atoms with Crippen LogP contribution in [0, 0.1) is 0 Å². The summed E-state index contributed by atoms with van der Waals surface area (Å²) >= 11 is 3.25. The van der Waals surface area contributed by atoms with Crippen molar-refractivity contribution in [1.82, 2.24) is 9.97 Å². The van der Waals surface area contributed by atoms with Crippen LogP contribution in [0.2, 0.25) is 0 Å². The molecule has 0 atom stereocenters. The molecule has 0 aliphatic heterocycles. The van der Waals surface area contributed by atoms with Gasteiger partial charge in [0.2, 0.25) is 5.88 Å². The lowest BCUT2D eigenvalue weighted by molar-refractivity contribution is 0.0996. The molecule has 0 aliphatic carbocycles. The van der Waals surface area contributed by atoms with Gasteiger partial charge in [-0.05, 0) is 17.5 Å². The fourth-order valence-corrected chi connectivity index (χ4v) is 3.52. The number of ether oxygens (including phenoxy) is 1. The van der Waals surface area contributed by atoms with Gasteiger partial charge in [-0.3, -0.25) is 4.79 Å². The maximum Gasteiger partial charge on any atom is 0.254 e. The van der Waals surface area contributed by atoms with E-state index in [4.69, 9.17) is 10.5 Å². The Morgan fingerprint density at radius 3 is 3.00 bits per heavy atom. The number of hydrogen-bond acceptors (Lipinski definition) is 7. The number of amides is 1. The lowest BCUT2D eigenvalue weighted by Gasteiger charge is -2.08. The standard InChI is InChI=1S/C15H14N4O2S2/c1-21-14-12(13(16)20)4-10(5-18-14)17-6-11-8-23-15(19-11)9-2-3-22-7-9/h2-5,7-8,17H,6H2,1H3,(H2,16,20). The van der Waals surface area contributed by atoms with Crippen LogP contribution < -0.4 is 15.8 Å². The van der Waals surface area contributed by atoms with Crippen LogP contribution >= 0.6 is 22.7 Å². The second-order valence-corrected chi connectivity index (χ2v) is 6.29. The van der Waals surface area contributed by atoms with Crippen LogP contribution in [0.3, 0.4) is 0 Å². The summed E-state index contributed by atoms with van der Waals surface area (Å²) in [5.41, 5.74) is 8.31. The second-order valence-electron chi connectivity index (χ2n) is 4.65. The van der Waals surface area contributed by atoms with Crippen molar-refractivity contribution in [2.75, 3.05) is 12.4 Å². The average Bonchev–Trinajstić information content (AvgIpc) is 3.23. The summed E-state index contributed by atoms with van der Waals surface area (Å²) in [5.74, 6) is -0.358. The Bertz CT molecular complexity index is 815. The molecule has 0 bridgehead atoms. The summed E-state index contributed by atoms with van der Waals surface area (Å²) in [5, 5.41) is 10.3. The van der Waals surface area contributed by atoms with Crippen molar-refractivity contribution in [3.63, 3.8) is 0 Å². The predicted octanol–water partition coefficient (Wildman–Crippen LogP) is 2.99. The molecule has 3 N–H and O–H groups in total. The van der Waals surface area contributed by atoms with Crippen molar-refractivity contribution in [3.05, 3.63) is 45.7 Å². The summed E-state index contributed by atoms with van der Waals surface area (Å²) in [6, 6.07) is 3.67. The third kappa shape index (κ3) is 3.49. The van der Waals surface area contributed by atoms with Crippen molar-refractivity contribution in [1.29, 1.82) is 0 Å². The van der Waals surface area contributed by atoms with Crippen molar-refractivity contribution in [2.24, 2.45) is 5.73 Å². The zero-order valence-corrected chi connectivity index (χ0v) is 13.9. The van der Waals surface area contributed by atoms with Crippen LogP contribution in [0.5, 0.6) is 5.88 Å². The lowest BCUT2D eigenvalue weighted by Crippen LogP contribution is -2.14. The molecule has 0 saturated carbocycles. The topological polar surface area (TPSA) is 90.1 Å². The van der Waals surface area contributed by atoms with Crippen LogP contribution in [-0.2, 0) is 6.54 Å². The van der Waals surface area contributed by atoms with Crippen LogP contribution in [0.25, 0.3) is 10.6 Å². The Hall–Kier alpha value is -2.45. The third-order valence-electron chi connectivity index (χ3n) is 3.10. The summed E-state index contributed by atoms with van der Waals surface area (Å²) in [4.78, 5) is 20.1. The van der Waals surface area contributed by atoms with E-state index in [1.165, 1.54) is 7.11 Å². The number of carbonyl (C=O) groups is 1. The number of hydrogen-bond donors (Lipinski definition) is 2. The Balaban J connectivity index is 1.71. The molecular weight excluding hydrogens is 332 g/mol. The van der Waals surface area contributed by atoms with Crippen LogP contribution in [0.15, 0.2) is 34.5 Å². The number of carbonyl (C=O) groups excluding carboxylic acids is 1. The fraction of sp³-hybridized carbons (Fsp3) is 0.133. The minimum atomic E-state index is -0.577. The fourth-order valence-electron chi connectivity index (χ4n) is 1.99. The highest BCUT2D eigenvalue weighted by molar-refractivity contribution is 7.14. The minimum absolute atomic E-state index is 0.219. The van der Waals surface area contributed by atoms with E-state index < -0.39 is 5.91 Å². The van der Waals surface area contributed by atoms with E-state index in [0.29, 0.717) is 12.2 Å². The Morgan fingerprint density at radius 2 is 2.30 bits per heavy atom. The normalized spacial score (nSPS) is 10.5. The number of nitrogens with one attached hydrogen (secondary N) is 1. The number of primary amides is 1. The smallest absolute Gasteiger partial charge is 0.254 e. The number of aromatic nitrogens is 2. The van der Waals surface area contributed by atoms with E-state index in [0.717, 1.165) is 16.3 Å². The van der Waals surface area contributed by atoms with Gasteiger partial charge in [-0.15, -0.1) is 11.3 Å². The van der Waals surface area contributed by atoms with Gasteiger partial charge in [0.15, 0.2) is 0 Å². The van der Waals surface area contributed by atoms with Gasteiger partial charge in [0, 0.05) is 16.3 Å². The Labute approximate surface area is 141 Å². The molecule has 0 saturated heterocycles. The molecule has 0 spiro atoms. The summed E-state index contributed by atoms with van der Waals surface area (Å²) in [6.07, 6.45) is 1.59. The van der Waals surface area contributed by atoms with Gasteiger partial charge in [0.25, 0.3) is 5.91 Å². The minimum Gasteiger partial charge on any atom is -0.480 e. The largest absolute Gasteiger partial charge is 0.480 e. The molecule has 6 nitrogen and oxygen atoms in total. The number of pyridine rings is 1. The van der Waals surface area contributed by atoms with E-state index in [1.807, 2.05) is 16.8 Å². The number of rotatable bonds is 6. The summed E-state index contributed by atoms with van der Waals surface area (Å²) in [7, 11) is 1.45. The van der Waals surface area contributed by atoms with Crippen molar-refractivity contribution >= 4 is 34.3 Å². The van der Waals surface area contributed by atoms with E-state index in [9.17, 15) is 4.79 Å². The maximum absolute atomic E-state index is 11.4. The number of methoxy groups -OCH3 is 1. The first-order valence-corrected chi connectivity index (χ1v) is 8.54. The first-order valence-electron chi connectivity index (χ1n) is 6.72. The van der Waals surface area contributed by atoms with Crippen LogP contribution in [0.4, 0.5) is 5.69 Å². The number of nitrogens with two attached hydrogens (primary N) is 1. The van der Waals surface area contributed by atoms with Gasteiger partial charge >= 0.3 is 0 Å². The number of thiazole rings is 1. The average molecular weight is 346 g/mol. The highest BCUT2D eigenvalue weighted by Crippen LogP contribution is 2.26. The van der Waals surface area contributed by atoms with Crippen molar-refractivity contribution in [3.8, 4) is 16.5 Å². The van der Waals surface area contributed by atoms with Gasteiger partial charge in [0.1, 0.15) is 10.6 Å². The molecule has 23 heavy (non-hydrogen) atoms. The molecule has 0 radical (unpaired) electrons. The first kappa shape index (κ1) is 15.4. The molecular formula is C15H14N4O2S2. The molecule has 3 aromatic heterocycles. The van der Waals surface area contributed by atoms with E-state index in [2.05, 4.69) is 20.7 Å². The molecule has 3 aromatic rings. The van der Waals surface area contributed by atoms with Crippen molar-refractivity contribution < 1.29 is 9.53 Å². The van der Waals surface area contributed by atoms with Crippen LogP contribution in [0.1, 0.15) is 16.1 Å². The second kappa shape index (κ2) is 6.76. The molecule has 0 fully saturated rings. The predicted molar refractivity (Wildman–Crippen MR) is 92.1 cm³/mol. The van der Waals surface area contributed by atoms with Gasteiger partial charge in [-0.1, -0.05) is 0 Å². The number of nitrogens with zero attached hydrogens (tertiary/aromatic N) is 2. The summed E-state index contributed by atoms with van der Waals surface area (Å²) < 4.78 is 5.02. The third-order valence-corrected chi connectivity index (χ3v) is 4.73. The quantitative estimate of drug-likeness (QED) is 0.716. The van der Waals surface area contributed by atoms with Gasteiger partial charge < -0.3 is 15.8 Å². The molecule has 3 rings (SSSR count). The Morgan fingerprint density at radius 1 is 1.43 bits per heavy atom. The maximum atomic E-state index is 11.4. The van der Waals surface area contributed by atoms with Crippen molar-refractivity contribution in [2.45, 2.75) is 6.54 Å². The molecule has 0 aliphatic rings. The lowest BCUT2D eigenvalue weighted by atomic mass is 10.2. The molecule has 0 unspecified atom stereocenters. The zero-order valence-electron chi connectivity index (χ0n) is 12.3.